The maximum atomic E-state index is 14.5. The third-order valence-electron chi connectivity index (χ3n) is 14.6. The van der Waals surface area contributed by atoms with Crippen molar-refractivity contribution in [1.29, 1.82) is 0 Å². The molecule has 418 valence electrons. The van der Waals surface area contributed by atoms with E-state index in [0.717, 1.165) is 28.0 Å². The number of carbonyl (C=O) groups excluding carboxylic acids is 6. The first kappa shape index (κ1) is 59.7. The molecule has 20 heteroatoms. The second-order valence-electron chi connectivity index (χ2n) is 21.5. The minimum atomic E-state index is -5.14. The average molecular weight is 1070 g/mol. The van der Waals surface area contributed by atoms with Gasteiger partial charge in [0.25, 0.3) is 5.91 Å². The van der Waals surface area contributed by atoms with E-state index in [1.807, 2.05) is 76.2 Å². The van der Waals surface area contributed by atoms with E-state index < -0.39 is 77.8 Å². The van der Waals surface area contributed by atoms with Crippen LogP contribution < -0.4 is 21.7 Å². The SMILES string of the molecule is CN[C@@H](C)C(=O)N[C@H](C(=O)N1CCC[C@H]1CN(C[C@H](C)c1cccc(C#CCOC2CC2(NC(=O)[C@@H](N)CO)C(=O)N2CCC[C@H]2CN(CCc2ccccc2)C(=O)C(F)(F)F)c1)C(=O)OCc1ccccc1)C(C)(C)C. The quantitative estimate of drug-likeness (QED) is 0.0884. The lowest BCUT2D eigenvalue weighted by atomic mass is 9.85. The van der Waals surface area contributed by atoms with Gasteiger partial charge in [-0.05, 0) is 86.2 Å². The van der Waals surface area contributed by atoms with Crippen LogP contribution in [0, 0.1) is 17.3 Å². The maximum Gasteiger partial charge on any atom is 0.471 e. The van der Waals surface area contributed by atoms with Crippen LogP contribution in [0.5, 0.6) is 0 Å². The highest BCUT2D eigenvalue weighted by Gasteiger charge is 2.65. The van der Waals surface area contributed by atoms with Crippen molar-refractivity contribution >= 4 is 35.6 Å². The van der Waals surface area contributed by atoms with Crippen LogP contribution >= 0.6 is 0 Å². The van der Waals surface area contributed by atoms with Gasteiger partial charge in [-0.25, -0.2) is 4.79 Å². The minimum Gasteiger partial charge on any atom is -0.445 e. The van der Waals surface area contributed by atoms with Crippen molar-refractivity contribution in [2.45, 2.75) is 134 Å². The van der Waals surface area contributed by atoms with Crippen molar-refractivity contribution in [2.75, 3.05) is 59.5 Å². The van der Waals surface area contributed by atoms with Gasteiger partial charge in [0.15, 0.2) is 0 Å². The third kappa shape index (κ3) is 16.0. The van der Waals surface area contributed by atoms with Crippen LogP contribution in [-0.2, 0) is 46.5 Å². The van der Waals surface area contributed by atoms with E-state index in [9.17, 15) is 47.0 Å². The van der Waals surface area contributed by atoms with Crippen molar-refractivity contribution in [3.05, 3.63) is 107 Å². The molecular formula is C57H75F3N8O9. The summed E-state index contributed by atoms with van der Waals surface area (Å²) in [7, 11) is 1.68. The molecular weight excluding hydrogens is 998 g/mol. The van der Waals surface area contributed by atoms with Gasteiger partial charge >= 0.3 is 18.2 Å². The second kappa shape index (κ2) is 26.7. The Hall–Kier alpha value is -6.53. The van der Waals surface area contributed by atoms with E-state index >= 15 is 0 Å². The summed E-state index contributed by atoms with van der Waals surface area (Å²) in [6.45, 7) is 9.03. The lowest BCUT2D eigenvalue weighted by Gasteiger charge is -2.37. The fraction of sp³-hybridized carbons (Fsp3) is 0.544. The number of hydrogen-bond acceptors (Lipinski definition) is 11. The van der Waals surface area contributed by atoms with Crippen LogP contribution in [0.2, 0.25) is 0 Å². The Balaban J connectivity index is 1.14. The van der Waals surface area contributed by atoms with Crippen molar-refractivity contribution in [3.63, 3.8) is 0 Å². The Labute approximate surface area is 449 Å². The molecule has 2 aliphatic heterocycles. The summed E-state index contributed by atoms with van der Waals surface area (Å²) < 4.78 is 53.6. The number of carbonyl (C=O) groups is 6. The molecule has 0 aromatic heterocycles. The number of nitrogens with zero attached hydrogens (tertiary/aromatic N) is 4. The molecule has 0 bridgehead atoms. The molecule has 2 saturated heterocycles. The Bertz CT molecular complexity index is 2570. The molecule has 8 atom stereocenters. The first-order valence-corrected chi connectivity index (χ1v) is 26.4. The topological polar surface area (TPSA) is 216 Å². The summed E-state index contributed by atoms with van der Waals surface area (Å²) in [5.41, 5.74) is 6.63. The van der Waals surface area contributed by atoms with Gasteiger partial charge in [-0.1, -0.05) is 112 Å². The molecule has 3 aromatic carbocycles. The summed E-state index contributed by atoms with van der Waals surface area (Å²) in [5, 5.41) is 18.2. The molecule has 1 saturated carbocycles. The number of nitrogens with one attached hydrogen (secondary N) is 3. The zero-order valence-electron chi connectivity index (χ0n) is 44.9. The average Bonchev–Trinajstić information content (AvgIpc) is 3.74. The number of alkyl halides is 3. The molecule has 77 heavy (non-hydrogen) atoms. The number of amides is 6. The largest absolute Gasteiger partial charge is 0.471 e. The molecule has 2 heterocycles. The Kier molecular flexibility index (Phi) is 20.7. The zero-order valence-corrected chi connectivity index (χ0v) is 44.9. The molecule has 0 radical (unpaired) electrons. The van der Waals surface area contributed by atoms with Crippen LogP contribution in [0.25, 0.3) is 0 Å². The first-order chi connectivity index (χ1) is 36.6. The predicted octanol–water partition coefficient (Wildman–Crippen LogP) is 4.50. The number of nitrogens with two attached hydrogens (primary N) is 1. The summed E-state index contributed by atoms with van der Waals surface area (Å²) in [6.07, 6.45) is -4.26. The van der Waals surface area contributed by atoms with Crippen molar-refractivity contribution < 1.29 is 56.5 Å². The number of ether oxygens (including phenoxy) is 2. The highest BCUT2D eigenvalue weighted by Crippen LogP contribution is 2.42. The second-order valence-corrected chi connectivity index (χ2v) is 21.5. The highest BCUT2D eigenvalue weighted by molar-refractivity contribution is 5.97. The van der Waals surface area contributed by atoms with Crippen molar-refractivity contribution in [1.82, 2.24) is 35.6 Å². The standard InChI is InChI=1S/C57H75F3N8O9/c1-38(33-66(54(75)77-37-42-19-11-8-12-20-42)35-44-24-14-27-67(44)51(72)48(55(3,4)5)63-49(70)39(2)62-6)43-23-13-21-41(31-43)22-16-30-76-47-32-56(47,64-50(71)46(61)36-69)52(73)68-28-15-25-45(68)34-65(53(74)57(58,59)60)29-26-40-17-9-7-10-18-40/h7-13,17-21,23,31,38-39,44-48,62,69H,14-15,24-30,32-37,61H2,1-6H3,(H,63,70)(H,64,71)/t38-,39-,44-,45-,46-,47?,48+,56?/m0/s1. The van der Waals surface area contributed by atoms with Crippen LogP contribution in [0.3, 0.4) is 0 Å². The number of likely N-dealkylation sites (tertiary alicyclic amines) is 2. The lowest BCUT2D eigenvalue weighted by molar-refractivity contribution is -0.186. The predicted molar refractivity (Wildman–Crippen MR) is 282 cm³/mol. The Morgan fingerprint density at radius 3 is 2.10 bits per heavy atom. The molecule has 6 amide bonds. The van der Waals surface area contributed by atoms with Crippen LogP contribution in [0.15, 0.2) is 84.9 Å². The van der Waals surface area contributed by atoms with Gasteiger partial charge in [0.1, 0.15) is 30.8 Å². The molecule has 3 aliphatic rings. The Morgan fingerprint density at radius 2 is 1.48 bits per heavy atom. The number of halogens is 3. The highest BCUT2D eigenvalue weighted by atomic mass is 19.4. The van der Waals surface area contributed by atoms with E-state index in [0.29, 0.717) is 31.4 Å². The van der Waals surface area contributed by atoms with E-state index in [2.05, 4.69) is 27.8 Å². The smallest absolute Gasteiger partial charge is 0.445 e. The van der Waals surface area contributed by atoms with Gasteiger partial charge in [-0.3, -0.25) is 24.0 Å². The minimum absolute atomic E-state index is 0.00751. The van der Waals surface area contributed by atoms with Gasteiger partial charge in [0, 0.05) is 63.3 Å². The normalized spacial score (nSPS) is 20.7. The molecule has 0 spiro atoms. The molecule has 6 rings (SSSR count). The van der Waals surface area contributed by atoms with E-state index in [-0.39, 0.29) is 82.6 Å². The molecule has 6 N–H and O–H groups in total. The number of rotatable bonds is 22. The maximum absolute atomic E-state index is 14.5. The summed E-state index contributed by atoms with van der Waals surface area (Å²) in [6, 6.07) is 21.8. The van der Waals surface area contributed by atoms with Crippen LogP contribution in [0.4, 0.5) is 18.0 Å². The zero-order chi connectivity index (χ0) is 56.1. The molecule has 3 aromatic rings. The van der Waals surface area contributed by atoms with Crippen LogP contribution in [0.1, 0.15) is 94.9 Å². The van der Waals surface area contributed by atoms with Gasteiger partial charge in [0.2, 0.25) is 17.7 Å². The molecule has 1 aliphatic carbocycles. The molecule has 17 nitrogen and oxygen atoms in total. The molecule has 2 unspecified atom stereocenters. The fourth-order valence-electron chi connectivity index (χ4n) is 9.86. The number of hydrogen-bond donors (Lipinski definition) is 5. The fourth-order valence-corrected chi connectivity index (χ4v) is 9.86. The molecule has 3 fully saturated rings. The third-order valence-corrected chi connectivity index (χ3v) is 14.6. The summed E-state index contributed by atoms with van der Waals surface area (Å²) >= 11 is 0. The van der Waals surface area contributed by atoms with Gasteiger partial charge in [-0.15, -0.1) is 0 Å². The van der Waals surface area contributed by atoms with Gasteiger partial charge in [-0.2, -0.15) is 13.2 Å². The number of aliphatic hydroxyl groups is 1. The number of likely N-dealkylation sites (N-methyl/N-ethyl adjacent to an activating group) is 1. The van der Waals surface area contributed by atoms with E-state index in [1.165, 1.54) is 4.90 Å². The summed E-state index contributed by atoms with van der Waals surface area (Å²) in [4.78, 5) is 87.2. The summed E-state index contributed by atoms with van der Waals surface area (Å²) in [5.74, 6) is 1.91. The van der Waals surface area contributed by atoms with Gasteiger partial charge in [0.05, 0.1) is 18.8 Å². The monoisotopic (exact) mass is 1070 g/mol. The van der Waals surface area contributed by atoms with Crippen molar-refractivity contribution in [2.24, 2.45) is 11.1 Å². The first-order valence-electron chi connectivity index (χ1n) is 26.4. The van der Waals surface area contributed by atoms with E-state index in [4.69, 9.17) is 15.2 Å². The lowest BCUT2D eigenvalue weighted by Crippen LogP contribution is -2.59. The van der Waals surface area contributed by atoms with Crippen LogP contribution in [-0.4, -0.2) is 168 Å². The van der Waals surface area contributed by atoms with Crippen molar-refractivity contribution in [3.8, 4) is 11.8 Å². The number of aliphatic hydroxyl groups excluding tert-OH is 1. The number of benzene rings is 3. The van der Waals surface area contributed by atoms with E-state index in [1.54, 1.807) is 60.2 Å². The Morgan fingerprint density at radius 1 is 0.857 bits per heavy atom. The van der Waals surface area contributed by atoms with Gasteiger partial charge < -0.3 is 55.9 Å².